The van der Waals surface area contributed by atoms with Gasteiger partial charge in [-0.1, -0.05) is 0 Å². The van der Waals surface area contributed by atoms with E-state index in [0.29, 0.717) is 5.92 Å². The van der Waals surface area contributed by atoms with E-state index in [0.717, 1.165) is 32.1 Å². The molecule has 1 aliphatic carbocycles. The van der Waals surface area contributed by atoms with Gasteiger partial charge in [-0.15, -0.1) is 0 Å². The van der Waals surface area contributed by atoms with Crippen molar-refractivity contribution in [2.45, 2.75) is 64.5 Å². The summed E-state index contributed by atoms with van der Waals surface area (Å²) in [4.78, 5) is 11.6. The minimum Gasteiger partial charge on any atom is -0.444 e. The van der Waals surface area contributed by atoms with Crippen molar-refractivity contribution < 1.29 is 14.6 Å². The van der Waals surface area contributed by atoms with Crippen molar-refractivity contribution in [2.75, 3.05) is 6.61 Å². The van der Waals surface area contributed by atoms with Crippen LogP contribution in [0.4, 0.5) is 4.79 Å². The Morgan fingerprint density at radius 2 is 1.88 bits per heavy atom. The first-order valence-electron chi connectivity index (χ1n) is 6.51. The van der Waals surface area contributed by atoms with Gasteiger partial charge in [0, 0.05) is 12.6 Å². The minimum atomic E-state index is -0.432. The largest absolute Gasteiger partial charge is 0.444 e. The number of ether oxygens (including phenoxy) is 1. The van der Waals surface area contributed by atoms with Gasteiger partial charge in [-0.05, 0) is 58.8 Å². The van der Waals surface area contributed by atoms with Crippen LogP contribution in [0, 0.1) is 5.92 Å². The quantitative estimate of drug-likeness (QED) is 0.800. The predicted molar refractivity (Wildman–Crippen MR) is 66.8 cm³/mol. The summed E-state index contributed by atoms with van der Waals surface area (Å²) in [6.45, 7) is 5.87. The molecule has 100 valence electrons. The molecule has 17 heavy (non-hydrogen) atoms. The first kappa shape index (κ1) is 14.3. The van der Waals surface area contributed by atoms with Gasteiger partial charge in [0.2, 0.25) is 0 Å². The third kappa shape index (κ3) is 5.91. The Bertz CT molecular complexity index is 240. The Kier molecular flexibility index (Phi) is 5.25. The number of hydrogen-bond donors (Lipinski definition) is 2. The second-order valence-electron chi connectivity index (χ2n) is 5.88. The molecule has 0 heterocycles. The Labute approximate surface area is 104 Å². The molecule has 0 radical (unpaired) electrons. The van der Waals surface area contributed by atoms with Gasteiger partial charge in [-0.3, -0.25) is 0 Å². The monoisotopic (exact) mass is 243 g/mol. The van der Waals surface area contributed by atoms with E-state index in [-0.39, 0.29) is 18.7 Å². The highest BCUT2D eigenvalue weighted by Crippen LogP contribution is 2.26. The Balaban J connectivity index is 2.24. The molecule has 0 aromatic carbocycles. The van der Waals surface area contributed by atoms with E-state index in [2.05, 4.69) is 5.32 Å². The van der Waals surface area contributed by atoms with Crippen LogP contribution in [0.15, 0.2) is 0 Å². The summed E-state index contributed by atoms with van der Waals surface area (Å²) < 4.78 is 5.22. The highest BCUT2D eigenvalue weighted by atomic mass is 16.6. The third-order valence-corrected chi connectivity index (χ3v) is 3.10. The van der Waals surface area contributed by atoms with E-state index in [1.54, 1.807) is 0 Å². The molecular weight excluding hydrogens is 218 g/mol. The fraction of sp³-hybridized carbons (Fsp3) is 0.923. The van der Waals surface area contributed by atoms with Crippen molar-refractivity contribution in [3.63, 3.8) is 0 Å². The highest BCUT2D eigenvalue weighted by Gasteiger charge is 2.24. The van der Waals surface area contributed by atoms with Crippen LogP contribution in [0.2, 0.25) is 0 Å². The van der Waals surface area contributed by atoms with Crippen LogP contribution >= 0.6 is 0 Å². The molecule has 4 nitrogen and oxygen atoms in total. The van der Waals surface area contributed by atoms with Crippen molar-refractivity contribution in [2.24, 2.45) is 5.92 Å². The van der Waals surface area contributed by atoms with Gasteiger partial charge in [0.05, 0.1) is 0 Å². The van der Waals surface area contributed by atoms with Crippen molar-refractivity contribution in [1.29, 1.82) is 0 Å². The first-order valence-corrected chi connectivity index (χ1v) is 6.51. The number of rotatable bonds is 3. The van der Waals surface area contributed by atoms with Crippen molar-refractivity contribution in [3.8, 4) is 0 Å². The van der Waals surface area contributed by atoms with Gasteiger partial charge in [0.25, 0.3) is 0 Å². The summed E-state index contributed by atoms with van der Waals surface area (Å²) in [5, 5.41) is 11.8. The molecule has 0 atom stereocenters. The molecule has 0 aliphatic heterocycles. The topological polar surface area (TPSA) is 58.6 Å². The summed E-state index contributed by atoms with van der Waals surface area (Å²) in [6, 6.07) is 0.236. The lowest BCUT2D eigenvalue weighted by Gasteiger charge is -2.29. The van der Waals surface area contributed by atoms with E-state index < -0.39 is 5.60 Å². The Morgan fingerprint density at radius 1 is 1.29 bits per heavy atom. The molecule has 1 saturated carbocycles. The van der Waals surface area contributed by atoms with Gasteiger partial charge in [-0.25, -0.2) is 4.79 Å². The number of amides is 1. The van der Waals surface area contributed by atoms with Gasteiger partial charge >= 0.3 is 6.09 Å². The lowest BCUT2D eigenvalue weighted by atomic mass is 9.84. The zero-order valence-electron chi connectivity index (χ0n) is 11.2. The van der Waals surface area contributed by atoms with Gasteiger partial charge in [0.15, 0.2) is 0 Å². The highest BCUT2D eigenvalue weighted by molar-refractivity contribution is 5.68. The summed E-state index contributed by atoms with van der Waals surface area (Å²) in [7, 11) is 0. The molecule has 0 saturated heterocycles. The number of aliphatic hydroxyl groups excluding tert-OH is 1. The zero-order valence-corrected chi connectivity index (χ0v) is 11.2. The van der Waals surface area contributed by atoms with E-state index in [1.807, 2.05) is 20.8 Å². The third-order valence-electron chi connectivity index (χ3n) is 3.10. The van der Waals surface area contributed by atoms with Crippen LogP contribution in [-0.2, 0) is 4.74 Å². The number of nitrogens with one attached hydrogen (secondary N) is 1. The molecule has 0 unspecified atom stereocenters. The van der Waals surface area contributed by atoms with Crippen LogP contribution in [0.1, 0.15) is 52.9 Å². The second kappa shape index (κ2) is 6.24. The Morgan fingerprint density at radius 3 is 2.35 bits per heavy atom. The van der Waals surface area contributed by atoms with Crippen LogP contribution in [-0.4, -0.2) is 29.4 Å². The normalized spacial score (nSPS) is 25.4. The second-order valence-corrected chi connectivity index (χ2v) is 5.88. The van der Waals surface area contributed by atoms with Crippen LogP contribution in [0.25, 0.3) is 0 Å². The number of carbonyl (C=O) groups is 1. The van der Waals surface area contributed by atoms with E-state index in [1.165, 1.54) is 0 Å². The molecule has 0 spiro atoms. The van der Waals surface area contributed by atoms with Crippen molar-refractivity contribution in [1.82, 2.24) is 5.32 Å². The van der Waals surface area contributed by atoms with E-state index >= 15 is 0 Å². The van der Waals surface area contributed by atoms with Crippen molar-refractivity contribution >= 4 is 6.09 Å². The fourth-order valence-electron chi connectivity index (χ4n) is 2.25. The number of alkyl carbamates (subject to hydrolysis) is 1. The maximum absolute atomic E-state index is 11.6. The lowest BCUT2D eigenvalue weighted by Crippen LogP contribution is -2.41. The Hall–Kier alpha value is -0.770. The molecule has 1 amide bonds. The standard InChI is InChI=1S/C13H25NO3/c1-13(2,3)17-12(16)14-11-6-4-10(5-7-11)8-9-15/h10-11,15H,4-9H2,1-3H3,(H,14,16)/t10-,11-. The number of carbonyl (C=O) groups excluding carboxylic acids is 1. The lowest BCUT2D eigenvalue weighted by molar-refractivity contribution is 0.0485. The summed E-state index contributed by atoms with van der Waals surface area (Å²) in [5.74, 6) is 0.622. The minimum absolute atomic E-state index is 0.236. The average Bonchev–Trinajstić information content (AvgIpc) is 2.18. The van der Waals surface area contributed by atoms with Gasteiger partial charge in [-0.2, -0.15) is 0 Å². The molecule has 4 heteroatoms. The molecule has 1 fully saturated rings. The molecule has 0 aromatic heterocycles. The molecule has 0 bridgehead atoms. The predicted octanol–water partition coefficient (Wildman–Crippen LogP) is 2.45. The van der Waals surface area contributed by atoms with Crippen molar-refractivity contribution in [3.05, 3.63) is 0 Å². The zero-order chi connectivity index (χ0) is 12.9. The molecular formula is C13H25NO3. The number of aliphatic hydroxyl groups is 1. The molecule has 0 aromatic rings. The van der Waals surface area contributed by atoms with Crippen LogP contribution < -0.4 is 5.32 Å². The SMILES string of the molecule is CC(C)(C)OC(=O)N[C@H]1CC[C@H](CCO)CC1. The average molecular weight is 243 g/mol. The van der Waals surface area contributed by atoms with Crippen LogP contribution in [0.5, 0.6) is 0 Å². The maximum atomic E-state index is 11.6. The first-order chi connectivity index (χ1) is 7.90. The van der Waals surface area contributed by atoms with Crippen LogP contribution in [0.3, 0.4) is 0 Å². The summed E-state index contributed by atoms with van der Waals surface area (Å²) in [6.07, 6.45) is 4.72. The summed E-state index contributed by atoms with van der Waals surface area (Å²) in [5.41, 5.74) is -0.432. The number of hydrogen-bond acceptors (Lipinski definition) is 3. The molecule has 1 rings (SSSR count). The van der Waals surface area contributed by atoms with E-state index in [9.17, 15) is 4.79 Å². The summed E-state index contributed by atoms with van der Waals surface area (Å²) >= 11 is 0. The maximum Gasteiger partial charge on any atom is 0.407 e. The van der Waals surface area contributed by atoms with E-state index in [4.69, 9.17) is 9.84 Å². The van der Waals surface area contributed by atoms with Gasteiger partial charge < -0.3 is 15.2 Å². The molecule has 1 aliphatic rings. The van der Waals surface area contributed by atoms with Gasteiger partial charge in [0.1, 0.15) is 5.60 Å². The fourth-order valence-corrected chi connectivity index (χ4v) is 2.25. The molecule has 2 N–H and O–H groups in total. The smallest absolute Gasteiger partial charge is 0.407 e.